The molecule has 0 bridgehead atoms. The van der Waals surface area contributed by atoms with Gasteiger partial charge in [0.15, 0.2) is 0 Å². The first-order valence-electron chi connectivity index (χ1n) is 10.6. The first-order valence-corrected chi connectivity index (χ1v) is 12.0. The highest BCUT2D eigenvalue weighted by Gasteiger charge is 2.19. The third-order valence-electron chi connectivity index (χ3n) is 4.83. The fourth-order valence-corrected chi connectivity index (χ4v) is 4.51. The van der Waals surface area contributed by atoms with Gasteiger partial charge in [0.2, 0.25) is 0 Å². The van der Waals surface area contributed by atoms with Crippen molar-refractivity contribution in [2.24, 2.45) is 11.1 Å². The highest BCUT2D eigenvalue weighted by molar-refractivity contribution is 7.99. The van der Waals surface area contributed by atoms with Crippen molar-refractivity contribution in [3.05, 3.63) is 52.0 Å². The van der Waals surface area contributed by atoms with Crippen LogP contribution in [0.5, 0.6) is 11.5 Å². The van der Waals surface area contributed by atoms with Crippen LogP contribution in [0.4, 0.5) is 0 Å². The van der Waals surface area contributed by atoms with E-state index in [1.807, 2.05) is 32.9 Å². The molecule has 0 fully saturated rings. The number of phenols is 1. The lowest BCUT2D eigenvalue weighted by Crippen LogP contribution is -2.11. The van der Waals surface area contributed by atoms with Crippen LogP contribution in [-0.2, 0) is 17.6 Å². The van der Waals surface area contributed by atoms with Crippen LogP contribution in [0.1, 0.15) is 50.3 Å². The van der Waals surface area contributed by atoms with E-state index >= 15 is 0 Å². The Balaban J connectivity index is 1.98. The van der Waals surface area contributed by atoms with Crippen LogP contribution < -0.4 is 4.74 Å². The van der Waals surface area contributed by atoms with Gasteiger partial charge in [-0.3, -0.25) is 4.79 Å². The van der Waals surface area contributed by atoms with Crippen molar-refractivity contribution < 1.29 is 25.0 Å². The number of phenolic OH excluding ortho intramolecular Hbond substituents is 1. The van der Waals surface area contributed by atoms with Crippen molar-refractivity contribution in [2.75, 3.05) is 12.4 Å². The summed E-state index contributed by atoms with van der Waals surface area (Å²) in [5, 5.41) is 32.9. The Kier molecular flexibility index (Phi) is 10.2. The lowest BCUT2D eigenvalue weighted by atomic mass is 9.95. The Morgan fingerprint density at radius 2 is 2.00 bits per heavy atom. The normalized spacial score (nSPS) is 11.7. The molecule has 0 radical (unpaired) electrons. The first-order chi connectivity index (χ1) is 15.3. The molecule has 0 aliphatic rings. The molecule has 2 rings (SSSR count). The molecule has 0 aliphatic carbocycles. The van der Waals surface area contributed by atoms with Crippen molar-refractivity contribution in [3.8, 4) is 11.5 Å². The van der Waals surface area contributed by atoms with E-state index in [0.29, 0.717) is 40.6 Å². The fraction of sp³-hybridized carbons (Fsp3) is 0.417. The number of hydrogen-bond donors (Lipinski definition) is 3. The van der Waals surface area contributed by atoms with Crippen LogP contribution in [0.15, 0.2) is 40.4 Å². The van der Waals surface area contributed by atoms with E-state index in [1.165, 1.54) is 0 Å². The number of benzene rings is 2. The van der Waals surface area contributed by atoms with Crippen LogP contribution in [-0.4, -0.2) is 39.5 Å². The molecule has 174 valence electrons. The number of halogens is 1. The summed E-state index contributed by atoms with van der Waals surface area (Å²) in [6, 6.07) is 8.86. The summed E-state index contributed by atoms with van der Waals surface area (Å²) < 4.78 is 5.96. The summed E-state index contributed by atoms with van der Waals surface area (Å²) in [4.78, 5) is 11.7. The molecule has 0 aliphatic heterocycles. The average Bonchev–Trinajstić information content (AvgIpc) is 2.72. The number of aromatic hydroxyl groups is 1. The molecule has 0 aromatic heterocycles. The zero-order chi connectivity index (χ0) is 23.7. The van der Waals surface area contributed by atoms with Gasteiger partial charge in [-0.05, 0) is 48.6 Å². The summed E-state index contributed by atoms with van der Waals surface area (Å²) in [5.41, 5.74) is 2.36. The minimum atomic E-state index is -0.885. The van der Waals surface area contributed by atoms with Crippen molar-refractivity contribution in [3.63, 3.8) is 0 Å². The summed E-state index contributed by atoms with van der Waals surface area (Å²) in [7, 11) is 0. The smallest absolute Gasteiger partial charge is 0.307 e. The van der Waals surface area contributed by atoms with Crippen molar-refractivity contribution >= 4 is 35.0 Å². The van der Waals surface area contributed by atoms with E-state index in [-0.39, 0.29) is 18.1 Å². The topological polar surface area (TPSA) is 99.4 Å². The summed E-state index contributed by atoms with van der Waals surface area (Å²) in [5.74, 6) is 0.599. The number of ether oxygens (including phenoxy) is 1. The second kappa shape index (κ2) is 12.6. The maximum Gasteiger partial charge on any atom is 0.307 e. The first kappa shape index (κ1) is 25.9. The maximum absolute atomic E-state index is 10.8. The molecule has 0 spiro atoms. The Hall–Kier alpha value is -2.38. The van der Waals surface area contributed by atoms with E-state index in [2.05, 4.69) is 5.16 Å². The number of rotatable bonds is 12. The molecule has 8 heteroatoms. The monoisotopic (exact) mass is 479 g/mol. The second-order valence-corrected chi connectivity index (χ2v) is 9.26. The van der Waals surface area contributed by atoms with Crippen LogP contribution in [0.3, 0.4) is 0 Å². The molecule has 0 heterocycles. The number of aliphatic carboxylic acids is 1. The van der Waals surface area contributed by atoms with Crippen molar-refractivity contribution in [1.29, 1.82) is 0 Å². The van der Waals surface area contributed by atoms with Crippen LogP contribution in [0, 0.1) is 5.92 Å². The van der Waals surface area contributed by atoms with Gasteiger partial charge in [0.1, 0.15) is 11.5 Å². The molecule has 3 N–H and O–H groups in total. The molecule has 0 saturated carbocycles. The Morgan fingerprint density at radius 3 is 2.59 bits per heavy atom. The van der Waals surface area contributed by atoms with Gasteiger partial charge in [-0.15, -0.1) is 11.8 Å². The highest BCUT2D eigenvalue weighted by atomic mass is 35.5. The van der Waals surface area contributed by atoms with Crippen LogP contribution in [0.25, 0.3) is 0 Å². The number of nitrogens with zero attached hydrogens (tertiary/aromatic N) is 1. The van der Waals surface area contributed by atoms with E-state index in [0.717, 1.165) is 29.1 Å². The predicted octanol–water partition coefficient (Wildman–Crippen LogP) is 6.02. The standard InChI is InChI=1S/C24H30ClNO5S/c1-4-6-17-20(9-8-18(24(17)29)23(26-30)15(2)3)31-11-5-12-32-21-10-7-16(13-19(21)25)14-22(27)28/h7-10,13,15,29-30H,4-6,11-12,14H2,1-3H3,(H,27,28)/b26-23+. The van der Waals surface area contributed by atoms with Gasteiger partial charge in [-0.1, -0.05) is 50.0 Å². The van der Waals surface area contributed by atoms with E-state index in [1.54, 1.807) is 30.0 Å². The van der Waals surface area contributed by atoms with Gasteiger partial charge in [0.05, 0.1) is 23.8 Å². The Bertz CT molecular complexity index is 962. The fourth-order valence-electron chi connectivity index (χ4n) is 3.30. The van der Waals surface area contributed by atoms with Gasteiger partial charge < -0.3 is 20.2 Å². The Labute approximate surface area is 198 Å². The number of thioether (sulfide) groups is 1. The van der Waals surface area contributed by atoms with Crippen LogP contribution >= 0.6 is 23.4 Å². The van der Waals surface area contributed by atoms with Gasteiger partial charge in [-0.25, -0.2) is 0 Å². The molecule has 0 unspecified atom stereocenters. The second-order valence-electron chi connectivity index (χ2n) is 7.71. The van der Waals surface area contributed by atoms with Gasteiger partial charge >= 0.3 is 5.97 Å². The maximum atomic E-state index is 10.8. The quantitative estimate of drug-likeness (QED) is 0.113. The third kappa shape index (κ3) is 7.07. The molecule has 2 aromatic rings. The zero-order valence-corrected chi connectivity index (χ0v) is 20.2. The lowest BCUT2D eigenvalue weighted by molar-refractivity contribution is -0.136. The van der Waals surface area contributed by atoms with Gasteiger partial charge in [0, 0.05) is 21.8 Å². The number of carboxylic acid groups (broad SMARTS) is 1. The summed E-state index contributed by atoms with van der Waals surface area (Å²) in [6.07, 6.45) is 2.21. The molecular formula is C24H30ClNO5S. The Morgan fingerprint density at radius 1 is 1.25 bits per heavy atom. The molecule has 0 saturated heterocycles. The highest BCUT2D eigenvalue weighted by Crippen LogP contribution is 2.34. The lowest BCUT2D eigenvalue weighted by Gasteiger charge is -2.17. The number of hydrogen-bond acceptors (Lipinski definition) is 6. The van der Waals surface area contributed by atoms with Crippen molar-refractivity contribution in [2.45, 2.75) is 51.3 Å². The number of oxime groups is 1. The van der Waals surface area contributed by atoms with Gasteiger partial charge in [-0.2, -0.15) is 0 Å². The minimum Gasteiger partial charge on any atom is -0.507 e. The van der Waals surface area contributed by atoms with Crippen LogP contribution in [0.2, 0.25) is 5.02 Å². The van der Waals surface area contributed by atoms with E-state index in [9.17, 15) is 15.1 Å². The van der Waals surface area contributed by atoms with E-state index < -0.39 is 5.97 Å². The van der Waals surface area contributed by atoms with E-state index in [4.69, 9.17) is 21.4 Å². The number of carbonyl (C=O) groups is 1. The molecule has 0 amide bonds. The average molecular weight is 480 g/mol. The SMILES string of the molecule is CCCc1c(OCCCSc2ccc(CC(=O)O)cc2Cl)ccc(/C(=N/O)C(C)C)c1O. The summed E-state index contributed by atoms with van der Waals surface area (Å²) >= 11 is 7.86. The molecule has 6 nitrogen and oxygen atoms in total. The molecule has 0 atom stereocenters. The minimum absolute atomic E-state index is 0.0332. The molecule has 2 aromatic carbocycles. The molecular weight excluding hydrogens is 450 g/mol. The third-order valence-corrected chi connectivity index (χ3v) is 6.41. The number of carboxylic acids is 1. The zero-order valence-electron chi connectivity index (χ0n) is 18.6. The largest absolute Gasteiger partial charge is 0.507 e. The molecule has 32 heavy (non-hydrogen) atoms. The van der Waals surface area contributed by atoms with Gasteiger partial charge in [0.25, 0.3) is 0 Å². The van der Waals surface area contributed by atoms with Crippen molar-refractivity contribution in [1.82, 2.24) is 0 Å². The predicted molar refractivity (Wildman–Crippen MR) is 129 cm³/mol. The summed E-state index contributed by atoms with van der Waals surface area (Å²) in [6.45, 7) is 6.31.